The van der Waals surface area contributed by atoms with Gasteiger partial charge in [-0.2, -0.15) is 5.10 Å². The number of aromatic nitrogens is 2. The number of allylic oxidation sites excluding steroid dienone is 1. The highest BCUT2D eigenvalue weighted by Crippen LogP contribution is 2.40. The second-order valence-corrected chi connectivity index (χ2v) is 7.78. The quantitative estimate of drug-likeness (QED) is 0.461. The number of rotatable bonds is 6. The van der Waals surface area contributed by atoms with Crippen LogP contribution in [0.15, 0.2) is 83.0 Å². The van der Waals surface area contributed by atoms with Gasteiger partial charge in [0.05, 0.1) is 18.4 Å². The topological polar surface area (TPSA) is 56.1 Å². The van der Waals surface area contributed by atoms with Gasteiger partial charge in [-0.25, -0.2) is 9.48 Å². The van der Waals surface area contributed by atoms with Gasteiger partial charge in [-0.05, 0) is 31.0 Å². The fourth-order valence-corrected chi connectivity index (χ4v) is 4.58. The van der Waals surface area contributed by atoms with Crippen LogP contribution in [0.4, 0.5) is 5.82 Å². The maximum Gasteiger partial charge on any atom is 0.338 e. The number of hydrogen-bond donors (Lipinski definition) is 1. The molecule has 29 heavy (non-hydrogen) atoms. The van der Waals surface area contributed by atoms with Crippen molar-refractivity contribution in [3.05, 3.63) is 89.3 Å². The van der Waals surface area contributed by atoms with Crippen molar-refractivity contribution in [3.8, 4) is 0 Å². The largest absolute Gasteiger partial charge is 0.463 e. The van der Waals surface area contributed by atoms with Crippen LogP contribution in [-0.4, -0.2) is 22.4 Å². The minimum absolute atomic E-state index is 0.313. The predicted octanol–water partition coefficient (Wildman–Crippen LogP) is 5.03. The van der Waals surface area contributed by atoms with Gasteiger partial charge in [0.2, 0.25) is 0 Å². The van der Waals surface area contributed by atoms with Crippen LogP contribution >= 0.6 is 11.8 Å². The minimum Gasteiger partial charge on any atom is -0.463 e. The number of thioether (sulfide) groups is 1. The van der Waals surface area contributed by atoms with Crippen molar-refractivity contribution >= 4 is 23.5 Å². The van der Waals surface area contributed by atoms with Crippen molar-refractivity contribution in [2.75, 3.05) is 11.9 Å². The molecule has 1 aliphatic heterocycles. The van der Waals surface area contributed by atoms with Gasteiger partial charge in [0, 0.05) is 22.4 Å². The molecule has 3 aromatic rings. The minimum atomic E-state index is -0.334. The zero-order valence-electron chi connectivity index (χ0n) is 16.5. The summed E-state index contributed by atoms with van der Waals surface area (Å²) in [5.41, 5.74) is 3.69. The number of esters is 1. The van der Waals surface area contributed by atoms with Crippen molar-refractivity contribution in [2.24, 2.45) is 0 Å². The third kappa shape index (κ3) is 3.93. The maximum absolute atomic E-state index is 12.8. The average Bonchev–Trinajstić information content (AvgIpc) is 3.20. The third-order valence-electron chi connectivity index (χ3n) is 4.85. The van der Waals surface area contributed by atoms with Gasteiger partial charge in [0.15, 0.2) is 0 Å². The van der Waals surface area contributed by atoms with E-state index >= 15 is 0 Å². The van der Waals surface area contributed by atoms with Gasteiger partial charge in [-0.3, -0.25) is 0 Å². The molecule has 1 atom stereocenters. The van der Waals surface area contributed by atoms with Crippen molar-refractivity contribution in [1.29, 1.82) is 0 Å². The molecule has 0 aliphatic carbocycles. The first kappa shape index (κ1) is 19.3. The SMILES string of the molecule is CCOC(=O)C1=C(C)Nc2ccnn2C1c1ccccc1SCc1ccccc1. The van der Waals surface area contributed by atoms with Gasteiger partial charge in [0.25, 0.3) is 0 Å². The van der Waals surface area contributed by atoms with Crippen LogP contribution in [0.5, 0.6) is 0 Å². The van der Waals surface area contributed by atoms with Crippen molar-refractivity contribution in [2.45, 2.75) is 30.5 Å². The Kier molecular flexibility index (Phi) is 5.71. The first-order valence-electron chi connectivity index (χ1n) is 9.63. The van der Waals surface area contributed by atoms with E-state index < -0.39 is 0 Å². The zero-order valence-corrected chi connectivity index (χ0v) is 17.3. The number of carbonyl (C=O) groups excluding carboxylic acids is 1. The molecule has 148 valence electrons. The summed E-state index contributed by atoms with van der Waals surface area (Å²) in [6, 6.07) is 20.2. The summed E-state index contributed by atoms with van der Waals surface area (Å²) < 4.78 is 7.24. The predicted molar refractivity (Wildman–Crippen MR) is 116 cm³/mol. The number of nitrogens with one attached hydrogen (secondary N) is 1. The number of ether oxygens (including phenoxy) is 1. The summed E-state index contributed by atoms with van der Waals surface area (Å²) in [7, 11) is 0. The number of nitrogens with zero attached hydrogens (tertiary/aromatic N) is 2. The van der Waals surface area contributed by atoms with Crippen molar-refractivity contribution in [1.82, 2.24) is 9.78 Å². The summed E-state index contributed by atoms with van der Waals surface area (Å²) in [6.07, 6.45) is 1.75. The lowest BCUT2D eigenvalue weighted by molar-refractivity contribution is -0.139. The summed E-state index contributed by atoms with van der Waals surface area (Å²) >= 11 is 1.76. The number of fused-ring (bicyclic) bond motifs is 1. The Hall–Kier alpha value is -2.99. The second kappa shape index (κ2) is 8.57. The van der Waals surface area contributed by atoms with Gasteiger partial charge in [-0.1, -0.05) is 48.5 Å². The molecule has 0 bridgehead atoms. The number of carbonyl (C=O) groups is 1. The van der Waals surface area contributed by atoms with Crippen LogP contribution in [-0.2, 0) is 15.3 Å². The lowest BCUT2D eigenvalue weighted by Crippen LogP contribution is -2.29. The monoisotopic (exact) mass is 405 g/mol. The summed E-state index contributed by atoms with van der Waals surface area (Å²) in [5.74, 6) is 1.40. The zero-order chi connectivity index (χ0) is 20.2. The van der Waals surface area contributed by atoms with Crippen molar-refractivity contribution in [3.63, 3.8) is 0 Å². The van der Waals surface area contributed by atoms with E-state index in [9.17, 15) is 4.79 Å². The van der Waals surface area contributed by atoms with Crippen LogP contribution in [0, 0.1) is 0 Å². The van der Waals surface area contributed by atoms with Gasteiger partial charge >= 0.3 is 5.97 Å². The molecule has 1 aromatic heterocycles. The molecule has 1 unspecified atom stereocenters. The molecular formula is C23H23N3O2S. The molecule has 0 saturated carbocycles. The van der Waals surface area contributed by atoms with Crippen LogP contribution in [0.3, 0.4) is 0 Å². The molecule has 1 aliphatic rings. The van der Waals surface area contributed by atoms with Gasteiger partial charge in [0.1, 0.15) is 11.9 Å². The fraction of sp³-hybridized carbons (Fsp3) is 0.217. The van der Waals surface area contributed by atoms with E-state index in [4.69, 9.17) is 4.74 Å². The Labute approximate surface area is 174 Å². The van der Waals surface area contributed by atoms with Crippen LogP contribution < -0.4 is 5.32 Å². The van der Waals surface area contributed by atoms with Gasteiger partial charge < -0.3 is 10.1 Å². The van der Waals surface area contributed by atoms with E-state index in [1.165, 1.54) is 5.56 Å². The lowest BCUT2D eigenvalue weighted by Gasteiger charge is -2.30. The summed E-state index contributed by atoms with van der Waals surface area (Å²) in [5, 5.41) is 7.78. The highest BCUT2D eigenvalue weighted by molar-refractivity contribution is 7.98. The molecule has 1 N–H and O–H groups in total. The van der Waals surface area contributed by atoms with E-state index in [1.807, 2.05) is 42.8 Å². The van der Waals surface area contributed by atoms with Crippen LogP contribution in [0.2, 0.25) is 0 Å². The molecule has 0 amide bonds. The average molecular weight is 406 g/mol. The summed E-state index contributed by atoms with van der Waals surface area (Å²) in [4.78, 5) is 14.0. The lowest BCUT2D eigenvalue weighted by atomic mass is 9.95. The highest BCUT2D eigenvalue weighted by atomic mass is 32.2. The Morgan fingerprint density at radius 3 is 2.69 bits per heavy atom. The number of anilines is 1. The van der Waals surface area contributed by atoms with Crippen LogP contribution in [0.1, 0.15) is 31.0 Å². The molecule has 6 heteroatoms. The Balaban J connectivity index is 1.75. The first-order valence-corrected chi connectivity index (χ1v) is 10.6. The Morgan fingerprint density at radius 2 is 1.90 bits per heavy atom. The normalized spacial score (nSPS) is 15.6. The Morgan fingerprint density at radius 1 is 1.14 bits per heavy atom. The second-order valence-electron chi connectivity index (χ2n) is 6.76. The molecule has 0 saturated heterocycles. The molecular weight excluding hydrogens is 382 g/mol. The van der Waals surface area contributed by atoms with E-state index in [-0.39, 0.29) is 12.0 Å². The third-order valence-corrected chi connectivity index (χ3v) is 6.01. The van der Waals surface area contributed by atoms with E-state index in [2.05, 4.69) is 46.8 Å². The molecule has 5 nitrogen and oxygen atoms in total. The van der Waals surface area contributed by atoms with Crippen molar-refractivity contribution < 1.29 is 9.53 Å². The smallest absolute Gasteiger partial charge is 0.338 e. The molecule has 0 spiro atoms. The fourth-order valence-electron chi connectivity index (χ4n) is 3.54. The molecule has 2 aromatic carbocycles. The maximum atomic E-state index is 12.8. The molecule has 0 fully saturated rings. The van der Waals surface area contributed by atoms with E-state index in [0.717, 1.165) is 27.7 Å². The number of hydrogen-bond acceptors (Lipinski definition) is 5. The molecule has 0 radical (unpaired) electrons. The van der Waals surface area contributed by atoms with Gasteiger partial charge in [-0.15, -0.1) is 11.8 Å². The van der Waals surface area contributed by atoms with E-state index in [1.54, 1.807) is 18.0 Å². The molecule has 4 rings (SSSR count). The molecule has 2 heterocycles. The van der Waals surface area contributed by atoms with Crippen LogP contribution in [0.25, 0.3) is 0 Å². The Bertz CT molecular complexity index is 1040. The first-order chi connectivity index (χ1) is 14.2. The van der Waals surface area contributed by atoms with E-state index in [0.29, 0.717) is 12.2 Å². The summed E-state index contributed by atoms with van der Waals surface area (Å²) in [6.45, 7) is 4.07. The highest BCUT2D eigenvalue weighted by Gasteiger charge is 2.34. The standard InChI is InChI=1S/C23H23N3O2S/c1-3-28-23(27)21-16(2)25-20-13-14-24-26(20)22(21)18-11-7-8-12-19(18)29-15-17-9-5-4-6-10-17/h4-14,22,25H,3,15H2,1-2H3. The number of benzene rings is 2.